The average Bonchev–Trinajstić information content (AvgIpc) is 3.35. The van der Waals surface area contributed by atoms with Crippen LogP contribution in [0, 0.1) is 6.92 Å². The lowest BCUT2D eigenvalue weighted by Crippen LogP contribution is -2.49. The number of benzene rings is 1. The first kappa shape index (κ1) is 22.6. The van der Waals surface area contributed by atoms with Gasteiger partial charge in [0.1, 0.15) is 11.3 Å². The number of fused-ring (bicyclic) bond motifs is 1. The van der Waals surface area contributed by atoms with Gasteiger partial charge in [-0.25, -0.2) is 4.79 Å². The minimum absolute atomic E-state index is 0.112. The molecule has 0 aliphatic carbocycles. The summed E-state index contributed by atoms with van der Waals surface area (Å²) in [4.78, 5) is 30.3. The van der Waals surface area contributed by atoms with Crippen molar-refractivity contribution in [2.45, 2.75) is 20.4 Å². The van der Waals surface area contributed by atoms with Crippen LogP contribution in [0.5, 0.6) is 5.75 Å². The van der Waals surface area contributed by atoms with Crippen molar-refractivity contribution in [1.29, 1.82) is 0 Å². The van der Waals surface area contributed by atoms with Crippen molar-refractivity contribution in [2.75, 3.05) is 39.4 Å². The molecule has 170 valence electrons. The third kappa shape index (κ3) is 5.09. The maximum Gasteiger partial charge on any atom is 0.375 e. The van der Waals surface area contributed by atoms with E-state index in [0.29, 0.717) is 36.6 Å². The number of hydrogen-bond acceptors (Lipinski definition) is 7. The molecule has 1 aromatic carbocycles. The van der Waals surface area contributed by atoms with Crippen LogP contribution in [0.1, 0.15) is 27.9 Å². The van der Waals surface area contributed by atoms with E-state index < -0.39 is 5.97 Å². The van der Waals surface area contributed by atoms with Crippen molar-refractivity contribution in [1.82, 2.24) is 9.80 Å². The van der Waals surface area contributed by atoms with E-state index in [0.717, 1.165) is 29.4 Å². The van der Waals surface area contributed by atoms with Crippen molar-refractivity contribution in [3.8, 4) is 5.75 Å². The van der Waals surface area contributed by atoms with Gasteiger partial charge in [0.05, 0.1) is 10.9 Å². The van der Waals surface area contributed by atoms with Crippen molar-refractivity contribution in [3.05, 3.63) is 50.9 Å². The molecule has 0 N–H and O–H groups in total. The van der Waals surface area contributed by atoms with E-state index in [1.165, 1.54) is 4.88 Å². The van der Waals surface area contributed by atoms with Crippen molar-refractivity contribution in [3.63, 3.8) is 0 Å². The Labute approximate surface area is 195 Å². The number of halogens is 1. The maximum absolute atomic E-state index is 12.6. The van der Waals surface area contributed by atoms with E-state index in [-0.39, 0.29) is 18.3 Å². The lowest BCUT2D eigenvalue weighted by Gasteiger charge is -2.34. The van der Waals surface area contributed by atoms with Gasteiger partial charge in [-0.05, 0) is 44.2 Å². The van der Waals surface area contributed by atoms with Crippen LogP contribution in [0.3, 0.4) is 0 Å². The van der Waals surface area contributed by atoms with Crippen LogP contribution < -0.4 is 4.74 Å². The standard InChI is InChI=1S/C23H25ClN2O5S/c1-3-29-16-4-6-19-18(12-16)15(2)22(31-19)23(28)30-14-21(27)26-10-8-25(9-11-26)13-17-5-7-20(24)32-17/h4-7,12H,3,8-11,13-14H2,1-2H3. The Bertz CT molecular complexity index is 1120. The summed E-state index contributed by atoms with van der Waals surface area (Å²) in [6.45, 7) is 7.49. The number of carbonyl (C=O) groups excluding carboxylic acids is 2. The third-order valence-corrected chi connectivity index (χ3v) is 6.68. The molecule has 4 rings (SSSR count). The fraction of sp³-hybridized carbons (Fsp3) is 0.391. The fourth-order valence-corrected chi connectivity index (χ4v) is 4.88. The Morgan fingerprint density at radius 1 is 1.16 bits per heavy atom. The molecule has 2 aromatic heterocycles. The minimum atomic E-state index is -0.641. The van der Waals surface area contributed by atoms with Crippen LogP contribution in [-0.4, -0.2) is 61.1 Å². The van der Waals surface area contributed by atoms with Gasteiger partial charge in [0.2, 0.25) is 5.76 Å². The van der Waals surface area contributed by atoms with Gasteiger partial charge in [0.25, 0.3) is 5.91 Å². The zero-order valence-corrected chi connectivity index (χ0v) is 19.6. The smallest absolute Gasteiger partial charge is 0.375 e. The molecular weight excluding hydrogens is 452 g/mol. The second-order valence-electron chi connectivity index (χ2n) is 7.59. The number of carbonyl (C=O) groups is 2. The van der Waals surface area contributed by atoms with Gasteiger partial charge < -0.3 is 18.8 Å². The van der Waals surface area contributed by atoms with Crippen LogP contribution in [0.4, 0.5) is 0 Å². The molecule has 0 radical (unpaired) electrons. The van der Waals surface area contributed by atoms with Crippen LogP contribution in [0.25, 0.3) is 11.0 Å². The molecule has 32 heavy (non-hydrogen) atoms. The highest BCUT2D eigenvalue weighted by molar-refractivity contribution is 7.16. The summed E-state index contributed by atoms with van der Waals surface area (Å²) in [5.74, 6) is -0.0241. The highest BCUT2D eigenvalue weighted by Gasteiger charge is 2.24. The molecule has 1 aliphatic heterocycles. The van der Waals surface area contributed by atoms with Gasteiger partial charge in [-0.2, -0.15) is 0 Å². The van der Waals surface area contributed by atoms with E-state index in [9.17, 15) is 9.59 Å². The maximum atomic E-state index is 12.6. The van der Waals surface area contributed by atoms with E-state index in [2.05, 4.69) is 4.90 Å². The number of hydrogen-bond donors (Lipinski definition) is 0. The SMILES string of the molecule is CCOc1ccc2oc(C(=O)OCC(=O)N3CCN(Cc4ccc(Cl)s4)CC3)c(C)c2c1. The number of esters is 1. The Kier molecular flexibility index (Phi) is 7.03. The third-order valence-electron chi connectivity index (χ3n) is 5.46. The number of nitrogens with zero attached hydrogens (tertiary/aromatic N) is 2. The normalized spacial score (nSPS) is 14.7. The number of amides is 1. The first-order chi connectivity index (χ1) is 15.4. The zero-order chi connectivity index (χ0) is 22.7. The Morgan fingerprint density at radius 2 is 1.94 bits per heavy atom. The molecule has 0 unspecified atom stereocenters. The quantitative estimate of drug-likeness (QED) is 0.472. The molecule has 7 nitrogen and oxygen atoms in total. The molecule has 0 atom stereocenters. The van der Waals surface area contributed by atoms with E-state index in [1.807, 2.05) is 25.1 Å². The number of thiophene rings is 1. The highest BCUT2D eigenvalue weighted by atomic mass is 35.5. The van der Waals surface area contributed by atoms with Gasteiger partial charge in [-0.15, -0.1) is 11.3 Å². The molecule has 3 heterocycles. The molecular formula is C23H25ClN2O5S. The summed E-state index contributed by atoms with van der Waals surface area (Å²) in [5.41, 5.74) is 1.24. The topological polar surface area (TPSA) is 72.2 Å². The van der Waals surface area contributed by atoms with Crippen LogP contribution in [0.15, 0.2) is 34.7 Å². The van der Waals surface area contributed by atoms with Crippen molar-refractivity contribution < 1.29 is 23.5 Å². The van der Waals surface area contributed by atoms with Crippen LogP contribution >= 0.6 is 22.9 Å². The number of piperazine rings is 1. The zero-order valence-electron chi connectivity index (χ0n) is 18.1. The van der Waals surface area contributed by atoms with E-state index in [1.54, 1.807) is 35.3 Å². The Morgan fingerprint density at radius 3 is 2.62 bits per heavy atom. The van der Waals surface area contributed by atoms with Crippen LogP contribution in [-0.2, 0) is 16.1 Å². The van der Waals surface area contributed by atoms with Crippen molar-refractivity contribution >= 4 is 45.8 Å². The second-order valence-corrected chi connectivity index (χ2v) is 9.39. The molecule has 1 fully saturated rings. The summed E-state index contributed by atoms with van der Waals surface area (Å²) < 4.78 is 17.2. The average molecular weight is 477 g/mol. The van der Waals surface area contributed by atoms with Gasteiger partial charge in [-0.1, -0.05) is 11.6 Å². The minimum Gasteiger partial charge on any atom is -0.494 e. The van der Waals surface area contributed by atoms with Gasteiger partial charge in [-0.3, -0.25) is 9.69 Å². The Hall–Kier alpha value is -2.55. The fourth-order valence-electron chi connectivity index (χ4n) is 3.75. The summed E-state index contributed by atoms with van der Waals surface area (Å²) in [6.07, 6.45) is 0. The summed E-state index contributed by atoms with van der Waals surface area (Å²) in [7, 11) is 0. The van der Waals surface area contributed by atoms with Gasteiger partial charge in [0.15, 0.2) is 6.61 Å². The summed E-state index contributed by atoms with van der Waals surface area (Å²) in [5, 5.41) is 0.789. The lowest BCUT2D eigenvalue weighted by molar-refractivity contribution is -0.136. The lowest BCUT2D eigenvalue weighted by atomic mass is 10.1. The van der Waals surface area contributed by atoms with Gasteiger partial charge in [0, 0.05) is 48.6 Å². The molecule has 1 amide bonds. The molecule has 3 aromatic rings. The number of rotatable bonds is 7. The van der Waals surface area contributed by atoms with Gasteiger partial charge >= 0.3 is 5.97 Å². The highest BCUT2D eigenvalue weighted by Crippen LogP contribution is 2.29. The second kappa shape index (κ2) is 9.94. The first-order valence-corrected chi connectivity index (χ1v) is 11.7. The first-order valence-electron chi connectivity index (χ1n) is 10.5. The van der Waals surface area contributed by atoms with E-state index in [4.69, 9.17) is 25.5 Å². The Balaban J connectivity index is 1.29. The largest absolute Gasteiger partial charge is 0.494 e. The number of ether oxygens (including phenoxy) is 2. The number of furan rings is 1. The predicted octanol–water partition coefficient (Wildman–Crippen LogP) is 4.36. The molecule has 0 saturated carbocycles. The van der Waals surface area contributed by atoms with E-state index >= 15 is 0 Å². The molecule has 0 spiro atoms. The predicted molar refractivity (Wildman–Crippen MR) is 124 cm³/mol. The molecule has 0 bridgehead atoms. The summed E-state index contributed by atoms with van der Waals surface area (Å²) >= 11 is 7.57. The van der Waals surface area contributed by atoms with Crippen LogP contribution in [0.2, 0.25) is 4.34 Å². The van der Waals surface area contributed by atoms with Crippen molar-refractivity contribution in [2.24, 2.45) is 0 Å². The monoisotopic (exact) mass is 476 g/mol. The molecule has 1 saturated heterocycles. The molecule has 1 aliphatic rings. The molecule has 9 heteroatoms. The summed E-state index contributed by atoms with van der Waals surface area (Å²) in [6, 6.07) is 9.32. The number of aryl methyl sites for hydroxylation is 1.